The summed E-state index contributed by atoms with van der Waals surface area (Å²) in [5.74, 6) is 2.43. The molecule has 1 aliphatic heterocycles. The van der Waals surface area contributed by atoms with Gasteiger partial charge in [-0.25, -0.2) is 4.79 Å². The van der Waals surface area contributed by atoms with E-state index in [2.05, 4.69) is 132 Å². The highest BCUT2D eigenvalue weighted by Gasteiger charge is 2.46. The Kier molecular flexibility index (Phi) is 29.1. The third-order valence-electron chi connectivity index (χ3n) is 19.0. The first-order valence-corrected chi connectivity index (χ1v) is 38.5. The summed E-state index contributed by atoms with van der Waals surface area (Å²) in [7, 11) is -3.55. The Morgan fingerprint density at radius 1 is 0.453 bits per heavy atom. The van der Waals surface area contributed by atoms with E-state index in [1.54, 1.807) is 0 Å². The number of nitrogens with one attached hydrogen (secondary N) is 2. The average molecular weight is 1220 g/mol. The molecule has 1 aliphatic carbocycles. The minimum atomic E-state index is -1.77. The van der Waals surface area contributed by atoms with E-state index in [0.717, 1.165) is 83.8 Å². The van der Waals surface area contributed by atoms with Crippen LogP contribution < -0.4 is 24.8 Å². The van der Waals surface area contributed by atoms with Crippen molar-refractivity contribution in [2.75, 3.05) is 33.0 Å². The van der Waals surface area contributed by atoms with Gasteiger partial charge in [0.2, 0.25) is 5.91 Å². The quantitative estimate of drug-likeness (QED) is 0.0334. The molecule has 6 rings (SSSR count). The Morgan fingerprint density at radius 2 is 0.814 bits per heavy atom. The molecule has 4 aromatic rings. The normalized spacial score (nSPS) is 13.8. The number of ether oxygens (including phenoxy) is 4. The number of hydrogen-bond donors (Lipinski definition) is 2. The van der Waals surface area contributed by atoms with Gasteiger partial charge in [-0.15, -0.1) is 0 Å². The zero-order valence-electron chi connectivity index (χ0n) is 56.1. The van der Waals surface area contributed by atoms with E-state index in [-0.39, 0.29) is 24.3 Å². The lowest BCUT2D eigenvalue weighted by Crippen LogP contribution is -2.49. The van der Waals surface area contributed by atoms with Crippen molar-refractivity contribution in [1.82, 2.24) is 10.6 Å². The fourth-order valence-electron chi connectivity index (χ4n) is 14.8. The van der Waals surface area contributed by atoms with Crippen LogP contribution in [0.3, 0.4) is 0 Å². The summed E-state index contributed by atoms with van der Waals surface area (Å²) in [6.07, 6.45) is 21.5. The Morgan fingerprint density at radius 3 is 1.19 bits per heavy atom. The van der Waals surface area contributed by atoms with Crippen molar-refractivity contribution in [1.29, 1.82) is 0 Å². The predicted octanol–water partition coefficient (Wildman–Crippen LogP) is 21.1. The van der Waals surface area contributed by atoms with Gasteiger partial charge in [-0.1, -0.05) is 235 Å². The van der Waals surface area contributed by atoms with Crippen molar-refractivity contribution in [2.24, 2.45) is 5.92 Å². The molecule has 478 valence electrons. The van der Waals surface area contributed by atoms with Crippen LogP contribution in [0.1, 0.15) is 253 Å². The molecule has 4 aromatic carbocycles. The minimum absolute atomic E-state index is 0.0925. The first kappa shape index (κ1) is 70.5. The summed E-state index contributed by atoms with van der Waals surface area (Å²) >= 11 is 0. The molecule has 0 bridgehead atoms. The van der Waals surface area contributed by atoms with Gasteiger partial charge in [0.05, 0.1) is 19.3 Å². The Bertz CT molecular complexity index is 2450. The van der Waals surface area contributed by atoms with E-state index < -0.39 is 34.8 Å². The molecule has 1 heterocycles. The number of carbonyl (C=O) groups is 2. The molecule has 0 saturated heterocycles. The molecule has 12 heteroatoms. The number of hydrogen-bond acceptors (Lipinski definition) is 8. The van der Waals surface area contributed by atoms with E-state index in [1.807, 2.05) is 60.7 Å². The van der Waals surface area contributed by atoms with Gasteiger partial charge in [-0.05, 0) is 118 Å². The van der Waals surface area contributed by atoms with E-state index >= 15 is 0 Å². The number of unbranched alkanes of at least 4 members (excludes halogenated alkanes) is 16. The molecule has 86 heavy (non-hydrogen) atoms. The van der Waals surface area contributed by atoms with E-state index in [0.29, 0.717) is 64.4 Å². The van der Waals surface area contributed by atoms with Crippen molar-refractivity contribution < 1.29 is 37.4 Å². The first-order valence-electron chi connectivity index (χ1n) is 34.2. The summed E-state index contributed by atoms with van der Waals surface area (Å²) in [6.45, 7) is 35.8. The molecule has 0 saturated carbocycles. The van der Waals surface area contributed by atoms with Gasteiger partial charge < -0.3 is 38.4 Å². The second-order valence-electron chi connectivity index (χ2n) is 27.5. The number of rotatable bonds is 41. The largest absolute Gasteiger partial charge is 0.493 e. The van der Waals surface area contributed by atoms with Crippen LogP contribution in [0.4, 0.5) is 4.79 Å². The summed E-state index contributed by atoms with van der Waals surface area (Å²) in [6, 6.07) is 27.0. The van der Waals surface area contributed by atoms with E-state index in [1.165, 1.54) is 89.9 Å². The molecular weight excluding hydrogens is 1100 g/mol. The predicted molar refractivity (Wildman–Crippen MR) is 362 cm³/mol. The van der Waals surface area contributed by atoms with Crippen LogP contribution in [0.5, 0.6) is 23.0 Å². The first-order chi connectivity index (χ1) is 41.3. The fraction of sp³-hybridized carbons (Fsp3) is 0.649. The third-order valence-corrected chi connectivity index (χ3v) is 31.2. The van der Waals surface area contributed by atoms with Crippen LogP contribution in [0.2, 0.25) is 33.2 Å². The number of alkyl carbamates (subject to hydrolysis) is 1. The Hall–Kier alpha value is -4.63. The standard InChI is InChI=1S/C74H116N2O8Si2/c1-53(2)49-69(75-74(78)81-52-68-64-39-31-29-37-62(64)63-38-30-32-40-65(63)68)73(77)76-72-66-43-41-60(79-45-33-25-21-17-15-19-23-27-35-47-82-85(54(3)4,55(5)6)56(7)8)50-70(66)84-71-51-61(42-44-67(71)72)80-46-34-26-22-18-16-20-24-28-36-48-83-86(57(9)10,58(11)12)59(13)14/h29-32,37-44,50-51,53-59,68-69,72H,15-28,33-36,45-49,52H2,1-14H3,(H,75,78)(H,76,77)/t69-/m0/s1. The molecule has 1 atom stereocenters. The second kappa shape index (κ2) is 35.5. The highest BCUT2D eigenvalue weighted by molar-refractivity contribution is 6.78. The summed E-state index contributed by atoms with van der Waals surface area (Å²) in [5.41, 5.74) is 10.0. The zero-order chi connectivity index (χ0) is 62.2. The van der Waals surface area contributed by atoms with E-state index in [4.69, 9.17) is 27.8 Å². The minimum Gasteiger partial charge on any atom is -0.493 e. The highest BCUT2D eigenvalue weighted by Crippen LogP contribution is 2.48. The van der Waals surface area contributed by atoms with Crippen molar-refractivity contribution in [3.8, 4) is 34.1 Å². The van der Waals surface area contributed by atoms with Crippen LogP contribution in [-0.4, -0.2) is 67.7 Å². The van der Waals surface area contributed by atoms with Gasteiger partial charge in [0.25, 0.3) is 0 Å². The molecule has 0 spiro atoms. The molecule has 0 unspecified atom stereocenters. The highest BCUT2D eigenvalue weighted by atomic mass is 28.4. The fourth-order valence-corrected chi connectivity index (χ4v) is 25.8. The van der Waals surface area contributed by atoms with Crippen LogP contribution in [0, 0.1) is 5.92 Å². The van der Waals surface area contributed by atoms with Gasteiger partial charge in [0.1, 0.15) is 35.6 Å². The third kappa shape index (κ3) is 19.4. The molecule has 2 N–H and O–H groups in total. The molecule has 0 aromatic heterocycles. The summed E-state index contributed by atoms with van der Waals surface area (Å²) < 4.78 is 39.0. The SMILES string of the molecule is CC(C)C[C@H](NC(=O)OCC1c2ccccc2-c2ccccc21)C(=O)NC1c2ccc(OCCCCCCCCCCCO[Si](C(C)C)(C(C)C)C(C)C)cc2Oc2cc(OCCCCCCCCCCCO[Si](C(C)C)(C(C)C)C(C)C)ccc21. The molecule has 2 amide bonds. The lowest BCUT2D eigenvalue weighted by Gasteiger charge is -2.42. The summed E-state index contributed by atoms with van der Waals surface area (Å²) in [4.78, 5) is 28.3. The smallest absolute Gasteiger partial charge is 0.407 e. The lowest BCUT2D eigenvalue weighted by atomic mass is 9.93. The van der Waals surface area contributed by atoms with Gasteiger partial charge in [-0.2, -0.15) is 0 Å². The van der Waals surface area contributed by atoms with Crippen molar-refractivity contribution >= 4 is 28.6 Å². The Balaban J connectivity index is 0.997. The molecule has 0 fully saturated rings. The van der Waals surface area contributed by atoms with Gasteiger partial charge in [-0.3, -0.25) is 4.79 Å². The van der Waals surface area contributed by atoms with Gasteiger partial charge >= 0.3 is 6.09 Å². The summed E-state index contributed by atoms with van der Waals surface area (Å²) in [5, 5.41) is 6.31. The molecular formula is C74H116N2O8Si2. The number of carbonyl (C=O) groups excluding carboxylic acids is 2. The maximum atomic E-state index is 14.6. The second-order valence-corrected chi connectivity index (χ2v) is 38.4. The van der Waals surface area contributed by atoms with Crippen molar-refractivity contribution in [3.63, 3.8) is 0 Å². The van der Waals surface area contributed by atoms with Crippen molar-refractivity contribution in [2.45, 2.75) is 270 Å². The molecule has 0 radical (unpaired) electrons. The number of benzene rings is 4. The maximum Gasteiger partial charge on any atom is 0.407 e. The monoisotopic (exact) mass is 1220 g/mol. The molecule has 10 nitrogen and oxygen atoms in total. The molecule has 2 aliphatic rings. The topological polar surface area (TPSA) is 114 Å². The van der Waals surface area contributed by atoms with E-state index in [9.17, 15) is 9.59 Å². The van der Waals surface area contributed by atoms with Gasteiger partial charge in [0, 0.05) is 42.4 Å². The van der Waals surface area contributed by atoms with Crippen LogP contribution in [0.25, 0.3) is 11.1 Å². The number of amides is 2. The van der Waals surface area contributed by atoms with Crippen LogP contribution >= 0.6 is 0 Å². The zero-order valence-corrected chi connectivity index (χ0v) is 58.1. The van der Waals surface area contributed by atoms with Crippen molar-refractivity contribution in [3.05, 3.63) is 107 Å². The number of fused-ring (bicyclic) bond motifs is 5. The van der Waals surface area contributed by atoms with Crippen LogP contribution in [0.15, 0.2) is 84.9 Å². The average Bonchev–Trinajstić information content (AvgIpc) is 1.45. The van der Waals surface area contributed by atoms with Gasteiger partial charge in [0.15, 0.2) is 16.6 Å². The van der Waals surface area contributed by atoms with Crippen LogP contribution in [-0.2, 0) is 18.4 Å². The lowest BCUT2D eigenvalue weighted by molar-refractivity contribution is -0.124. The Labute approximate surface area is 524 Å². The maximum absolute atomic E-state index is 14.6.